The third-order valence-corrected chi connectivity index (χ3v) is 6.23. The average Bonchev–Trinajstić information content (AvgIpc) is 3.18. The summed E-state index contributed by atoms with van der Waals surface area (Å²) in [4.78, 5) is 44.7. The van der Waals surface area contributed by atoms with Gasteiger partial charge < -0.3 is 0 Å². The number of para-hydroxylation sites is 2. The Morgan fingerprint density at radius 2 is 1.61 bits per heavy atom. The zero-order valence-electron chi connectivity index (χ0n) is 16.9. The van der Waals surface area contributed by atoms with Gasteiger partial charge in [-0.05, 0) is 42.3 Å². The lowest BCUT2D eigenvalue weighted by molar-refractivity contribution is 0.0601. The second-order valence-corrected chi connectivity index (χ2v) is 8.16. The first-order valence-electron chi connectivity index (χ1n) is 10.0. The molecule has 0 bridgehead atoms. The quantitative estimate of drug-likeness (QED) is 0.342. The van der Waals surface area contributed by atoms with E-state index >= 15 is 0 Å². The Morgan fingerprint density at radius 3 is 2.29 bits per heavy atom. The first-order chi connectivity index (χ1) is 15.1. The second kappa shape index (κ2) is 7.67. The summed E-state index contributed by atoms with van der Waals surface area (Å²) >= 11 is 1.41. The van der Waals surface area contributed by atoms with E-state index in [0.29, 0.717) is 28.1 Å². The maximum atomic E-state index is 13.0. The normalized spacial score (nSPS) is 13.4. The molecular weight excluding hydrogens is 410 g/mol. The van der Waals surface area contributed by atoms with Crippen molar-refractivity contribution >= 4 is 51.3 Å². The van der Waals surface area contributed by atoms with Crippen molar-refractivity contribution in [2.75, 3.05) is 12.8 Å². The Kier molecular flexibility index (Phi) is 4.82. The number of rotatable bonds is 5. The smallest absolute Gasteiger partial charge is 0.261 e. The number of carbonyl (C=O) groups is 3. The molecule has 0 aliphatic carbocycles. The zero-order valence-corrected chi connectivity index (χ0v) is 17.7. The van der Waals surface area contributed by atoms with Gasteiger partial charge in [0.15, 0.2) is 5.16 Å². The van der Waals surface area contributed by atoms with Crippen LogP contribution in [0, 0.1) is 0 Å². The van der Waals surface area contributed by atoms with Gasteiger partial charge in [-0.15, -0.1) is 0 Å². The van der Waals surface area contributed by atoms with Gasteiger partial charge in [-0.3, -0.25) is 23.9 Å². The number of imide groups is 1. The van der Waals surface area contributed by atoms with Gasteiger partial charge in [0.25, 0.3) is 11.8 Å². The highest BCUT2D eigenvalue weighted by atomic mass is 32.2. The van der Waals surface area contributed by atoms with Crippen LogP contribution in [0.1, 0.15) is 38.4 Å². The van der Waals surface area contributed by atoms with Crippen LogP contribution in [0.25, 0.3) is 21.8 Å². The monoisotopic (exact) mass is 429 g/mol. The van der Waals surface area contributed by atoms with E-state index < -0.39 is 0 Å². The van der Waals surface area contributed by atoms with Crippen molar-refractivity contribution in [3.8, 4) is 0 Å². The van der Waals surface area contributed by atoms with Crippen LogP contribution in [-0.4, -0.2) is 45.0 Å². The summed E-state index contributed by atoms with van der Waals surface area (Å²) in [6.45, 7) is 0.190. The van der Waals surface area contributed by atoms with E-state index in [1.165, 1.54) is 16.7 Å². The molecule has 5 rings (SSSR count). The highest BCUT2D eigenvalue weighted by Gasteiger charge is 2.32. The number of imidazole rings is 1. The molecule has 0 spiro atoms. The predicted octanol–water partition coefficient (Wildman–Crippen LogP) is 4.63. The molecule has 6 nitrogen and oxygen atoms in total. The molecule has 0 radical (unpaired) electrons. The van der Waals surface area contributed by atoms with Crippen LogP contribution in [0.3, 0.4) is 0 Å². The molecule has 1 aliphatic rings. The van der Waals surface area contributed by atoms with Gasteiger partial charge in [0, 0.05) is 29.5 Å². The highest BCUT2D eigenvalue weighted by Crippen LogP contribution is 2.30. The third-order valence-electron chi connectivity index (χ3n) is 5.59. The van der Waals surface area contributed by atoms with E-state index in [1.54, 1.807) is 16.7 Å². The van der Waals surface area contributed by atoms with Gasteiger partial charge in [-0.2, -0.15) is 0 Å². The van der Waals surface area contributed by atoms with Gasteiger partial charge >= 0.3 is 0 Å². The minimum absolute atomic E-state index is 0.0996. The predicted molar refractivity (Wildman–Crippen MR) is 121 cm³/mol. The van der Waals surface area contributed by atoms with Gasteiger partial charge in [0.05, 0.1) is 11.0 Å². The Morgan fingerprint density at radius 1 is 0.935 bits per heavy atom. The van der Waals surface area contributed by atoms with Crippen LogP contribution < -0.4 is 0 Å². The summed E-state index contributed by atoms with van der Waals surface area (Å²) in [5.41, 5.74) is 2.60. The summed E-state index contributed by atoms with van der Waals surface area (Å²) in [6.07, 6.45) is 2.47. The lowest BCUT2D eigenvalue weighted by Crippen LogP contribution is -2.41. The van der Waals surface area contributed by atoms with Crippen molar-refractivity contribution in [3.05, 3.63) is 71.8 Å². The van der Waals surface area contributed by atoms with E-state index in [0.717, 1.165) is 16.4 Å². The van der Waals surface area contributed by atoms with Crippen LogP contribution in [0.5, 0.6) is 0 Å². The summed E-state index contributed by atoms with van der Waals surface area (Å²) in [5, 5.41) is 2.22. The summed E-state index contributed by atoms with van der Waals surface area (Å²) in [6, 6.07) is 18.5. The number of aromatic nitrogens is 2. The minimum atomic E-state index is -0.306. The summed E-state index contributed by atoms with van der Waals surface area (Å²) < 4.78 is 1.62. The Hall–Kier alpha value is -3.45. The molecule has 0 fully saturated rings. The molecular formula is C24H19N3O3S. The molecule has 154 valence electrons. The minimum Gasteiger partial charge on any atom is -0.274 e. The van der Waals surface area contributed by atoms with Gasteiger partial charge in [-0.25, -0.2) is 4.98 Å². The van der Waals surface area contributed by atoms with Crippen LogP contribution in [0.4, 0.5) is 0 Å². The van der Waals surface area contributed by atoms with Crippen LogP contribution in [0.2, 0.25) is 0 Å². The lowest BCUT2D eigenvalue weighted by atomic mass is 9.94. The number of benzene rings is 3. The maximum absolute atomic E-state index is 13.0. The number of fused-ring (bicyclic) bond motifs is 1. The second-order valence-electron chi connectivity index (χ2n) is 7.39. The molecule has 0 saturated heterocycles. The Balaban J connectivity index is 1.36. The van der Waals surface area contributed by atoms with Crippen molar-refractivity contribution in [1.82, 2.24) is 14.5 Å². The molecule has 1 aliphatic heterocycles. The zero-order chi connectivity index (χ0) is 21.5. The van der Waals surface area contributed by atoms with E-state index in [9.17, 15) is 14.4 Å². The van der Waals surface area contributed by atoms with Crippen LogP contribution >= 0.6 is 11.8 Å². The Labute approximate surface area is 182 Å². The van der Waals surface area contributed by atoms with Crippen molar-refractivity contribution in [3.63, 3.8) is 0 Å². The molecule has 0 unspecified atom stereocenters. The number of thioether (sulfide) groups is 1. The SMILES string of the molecule is CSc1nc2ccccc2n1C(=O)CCCN1C(=O)c2cccc3cccc(c23)C1=O. The molecule has 7 heteroatoms. The van der Waals surface area contributed by atoms with E-state index in [4.69, 9.17) is 0 Å². The molecule has 3 aromatic carbocycles. The third kappa shape index (κ3) is 3.13. The fourth-order valence-corrected chi connectivity index (χ4v) is 4.74. The fraction of sp³-hybridized carbons (Fsp3) is 0.167. The molecule has 2 amide bonds. The summed E-state index contributed by atoms with van der Waals surface area (Å²) in [7, 11) is 0. The molecule has 0 atom stereocenters. The van der Waals surface area contributed by atoms with Crippen LogP contribution in [0.15, 0.2) is 65.8 Å². The van der Waals surface area contributed by atoms with Crippen molar-refractivity contribution in [1.29, 1.82) is 0 Å². The molecule has 0 saturated carbocycles. The Bertz CT molecular complexity index is 1320. The topological polar surface area (TPSA) is 72.3 Å². The number of amides is 2. The average molecular weight is 430 g/mol. The molecule has 31 heavy (non-hydrogen) atoms. The number of hydrogen-bond donors (Lipinski definition) is 0. The van der Waals surface area contributed by atoms with Gasteiger partial charge in [0.1, 0.15) is 0 Å². The van der Waals surface area contributed by atoms with E-state index in [-0.39, 0.29) is 30.7 Å². The fourth-order valence-electron chi connectivity index (χ4n) is 4.17. The molecule has 4 aromatic rings. The van der Waals surface area contributed by atoms with E-state index in [2.05, 4.69) is 4.98 Å². The van der Waals surface area contributed by atoms with Crippen LogP contribution in [-0.2, 0) is 0 Å². The maximum Gasteiger partial charge on any atom is 0.261 e. The van der Waals surface area contributed by atoms with Crippen molar-refractivity contribution in [2.24, 2.45) is 0 Å². The largest absolute Gasteiger partial charge is 0.274 e. The number of carbonyl (C=O) groups excluding carboxylic acids is 3. The molecule has 0 N–H and O–H groups in total. The van der Waals surface area contributed by atoms with Crippen molar-refractivity contribution in [2.45, 2.75) is 18.0 Å². The van der Waals surface area contributed by atoms with Gasteiger partial charge in [0.2, 0.25) is 5.91 Å². The van der Waals surface area contributed by atoms with E-state index in [1.807, 2.05) is 54.8 Å². The standard InChI is InChI=1S/C24H19N3O3S/c1-31-24-25-18-11-2-3-12-19(18)27(24)20(28)13-6-14-26-22(29)16-9-4-7-15-8-5-10-17(21(15)16)23(26)30/h2-5,7-12H,6,13-14H2,1H3. The first-order valence-corrected chi connectivity index (χ1v) is 11.2. The highest BCUT2D eigenvalue weighted by molar-refractivity contribution is 7.98. The molecule has 1 aromatic heterocycles. The summed E-state index contributed by atoms with van der Waals surface area (Å²) in [5.74, 6) is -0.711. The van der Waals surface area contributed by atoms with Crippen molar-refractivity contribution < 1.29 is 14.4 Å². The van der Waals surface area contributed by atoms with Gasteiger partial charge in [-0.1, -0.05) is 48.2 Å². The number of hydrogen-bond acceptors (Lipinski definition) is 5. The lowest BCUT2D eigenvalue weighted by Gasteiger charge is -2.27. The first kappa shape index (κ1) is 19.5. The number of nitrogens with zero attached hydrogens (tertiary/aromatic N) is 3. The molecule has 2 heterocycles.